The third-order valence-electron chi connectivity index (χ3n) is 3.13. The summed E-state index contributed by atoms with van der Waals surface area (Å²) >= 11 is 6.16. The third kappa shape index (κ3) is 3.00. The van der Waals surface area contributed by atoms with Gasteiger partial charge >= 0.3 is 0 Å². The number of benzene rings is 1. The maximum absolute atomic E-state index is 11.5. The average Bonchev–Trinajstić information content (AvgIpc) is 2.29. The molecule has 0 radical (unpaired) electrons. The summed E-state index contributed by atoms with van der Waals surface area (Å²) in [5, 5.41) is 3.97. The first-order chi connectivity index (χ1) is 7.98. The Labute approximate surface area is 107 Å². The van der Waals surface area contributed by atoms with Gasteiger partial charge in [-0.3, -0.25) is 0 Å². The lowest BCUT2D eigenvalue weighted by molar-refractivity contribution is 0.461. The van der Waals surface area contributed by atoms with Crippen LogP contribution in [0.5, 0.6) is 0 Å². The predicted molar refractivity (Wildman–Crippen MR) is 69.4 cm³/mol. The Kier molecular flexibility index (Phi) is 3.76. The van der Waals surface area contributed by atoms with Crippen LogP contribution in [0.15, 0.2) is 23.1 Å². The zero-order valence-electron chi connectivity index (χ0n) is 9.74. The van der Waals surface area contributed by atoms with Gasteiger partial charge in [0.05, 0.1) is 4.90 Å². The van der Waals surface area contributed by atoms with Crippen molar-refractivity contribution in [1.82, 2.24) is 5.32 Å². The fourth-order valence-electron chi connectivity index (χ4n) is 2.18. The number of hydrogen-bond donors (Lipinski definition) is 1. The Balaban J connectivity index is 2.38. The maximum Gasteiger partial charge on any atom is 0.175 e. The summed E-state index contributed by atoms with van der Waals surface area (Å²) in [4.78, 5) is 0.350. The molecule has 0 saturated carbocycles. The van der Waals surface area contributed by atoms with Gasteiger partial charge in [-0.2, -0.15) is 0 Å². The molecule has 1 heterocycles. The largest absolute Gasteiger partial charge is 0.316 e. The molecular formula is C12H16ClNO2S. The van der Waals surface area contributed by atoms with Crippen LogP contribution in [-0.2, 0) is 9.84 Å². The lowest BCUT2D eigenvalue weighted by Crippen LogP contribution is -2.28. The Bertz CT molecular complexity index is 507. The zero-order chi connectivity index (χ0) is 12.5. The molecule has 0 spiro atoms. The highest BCUT2D eigenvalue weighted by Crippen LogP contribution is 2.31. The molecule has 0 aliphatic carbocycles. The average molecular weight is 274 g/mol. The van der Waals surface area contributed by atoms with Crippen molar-refractivity contribution >= 4 is 21.4 Å². The van der Waals surface area contributed by atoms with E-state index >= 15 is 0 Å². The first-order valence-electron chi connectivity index (χ1n) is 5.69. The summed E-state index contributed by atoms with van der Waals surface area (Å²) in [5.41, 5.74) is 0.946. The van der Waals surface area contributed by atoms with Crippen LogP contribution in [0.3, 0.4) is 0 Å². The molecule has 1 atom stereocenters. The van der Waals surface area contributed by atoms with E-state index in [9.17, 15) is 8.42 Å². The van der Waals surface area contributed by atoms with Gasteiger partial charge in [-0.05, 0) is 49.1 Å². The topological polar surface area (TPSA) is 46.2 Å². The molecule has 17 heavy (non-hydrogen) atoms. The minimum atomic E-state index is -3.16. The second-order valence-corrected chi connectivity index (χ2v) is 6.92. The second kappa shape index (κ2) is 4.96. The van der Waals surface area contributed by atoms with Gasteiger partial charge in [-0.1, -0.05) is 11.6 Å². The predicted octanol–water partition coefficient (Wildman–Crippen LogP) is 2.21. The van der Waals surface area contributed by atoms with E-state index in [4.69, 9.17) is 11.6 Å². The minimum Gasteiger partial charge on any atom is -0.316 e. The molecule has 94 valence electrons. The molecule has 1 unspecified atom stereocenters. The van der Waals surface area contributed by atoms with Gasteiger partial charge in [0.15, 0.2) is 9.84 Å². The van der Waals surface area contributed by atoms with E-state index in [2.05, 4.69) is 5.32 Å². The molecule has 1 fully saturated rings. The van der Waals surface area contributed by atoms with Crippen molar-refractivity contribution in [1.29, 1.82) is 0 Å². The Hall–Kier alpha value is -0.580. The van der Waals surface area contributed by atoms with E-state index in [1.165, 1.54) is 6.26 Å². The van der Waals surface area contributed by atoms with Gasteiger partial charge in [0.2, 0.25) is 0 Å². The summed E-state index contributed by atoms with van der Waals surface area (Å²) in [7, 11) is -3.16. The van der Waals surface area contributed by atoms with Crippen molar-refractivity contribution < 1.29 is 8.42 Å². The first-order valence-corrected chi connectivity index (χ1v) is 7.95. The molecule has 1 aromatic rings. The first kappa shape index (κ1) is 12.9. The van der Waals surface area contributed by atoms with Crippen LogP contribution in [0.25, 0.3) is 0 Å². The molecule has 1 aliphatic rings. The molecular weight excluding hydrogens is 258 g/mol. The lowest BCUT2D eigenvalue weighted by atomic mass is 9.92. The molecule has 0 bridgehead atoms. The number of sulfone groups is 1. The number of hydrogen-bond acceptors (Lipinski definition) is 3. The molecule has 2 rings (SSSR count). The van der Waals surface area contributed by atoms with Crippen LogP contribution < -0.4 is 5.32 Å². The minimum absolute atomic E-state index is 0.318. The highest BCUT2D eigenvalue weighted by atomic mass is 35.5. The summed E-state index contributed by atoms with van der Waals surface area (Å²) < 4.78 is 23.0. The normalized spacial score (nSPS) is 21.4. The molecule has 0 aromatic heterocycles. The van der Waals surface area contributed by atoms with Crippen LogP contribution in [0.2, 0.25) is 5.02 Å². The second-order valence-electron chi connectivity index (χ2n) is 4.50. The smallest absolute Gasteiger partial charge is 0.175 e. The van der Waals surface area contributed by atoms with E-state index in [-0.39, 0.29) is 0 Å². The SMILES string of the molecule is CS(=O)(=O)c1ccc(Cl)c(C2CCCNC2)c1. The van der Waals surface area contributed by atoms with Crippen molar-refractivity contribution in [3.05, 3.63) is 28.8 Å². The number of piperidine rings is 1. The van der Waals surface area contributed by atoms with Crippen LogP contribution in [-0.4, -0.2) is 27.8 Å². The van der Waals surface area contributed by atoms with Crippen molar-refractivity contribution in [2.45, 2.75) is 23.7 Å². The summed E-state index contributed by atoms with van der Waals surface area (Å²) in [6, 6.07) is 4.97. The van der Waals surface area contributed by atoms with Crippen LogP contribution in [0, 0.1) is 0 Å². The molecule has 5 heteroatoms. The number of rotatable bonds is 2. The Morgan fingerprint density at radius 3 is 2.76 bits per heavy atom. The van der Waals surface area contributed by atoms with E-state index in [1.54, 1.807) is 18.2 Å². The molecule has 1 saturated heterocycles. The summed E-state index contributed by atoms with van der Waals surface area (Å²) in [6.45, 7) is 1.90. The van der Waals surface area contributed by atoms with Gasteiger partial charge in [0.1, 0.15) is 0 Å². The number of halogens is 1. The van der Waals surface area contributed by atoms with Gasteiger partial charge in [0.25, 0.3) is 0 Å². The van der Waals surface area contributed by atoms with Gasteiger partial charge < -0.3 is 5.32 Å². The highest BCUT2D eigenvalue weighted by Gasteiger charge is 2.19. The van der Waals surface area contributed by atoms with Gasteiger partial charge in [-0.25, -0.2) is 8.42 Å². The Morgan fingerprint density at radius 1 is 1.41 bits per heavy atom. The van der Waals surface area contributed by atoms with Gasteiger partial charge in [-0.15, -0.1) is 0 Å². The highest BCUT2D eigenvalue weighted by molar-refractivity contribution is 7.90. The maximum atomic E-state index is 11.5. The fourth-order valence-corrected chi connectivity index (χ4v) is 3.11. The van der Waals surface area contributed by atoms with Gasteiger partial charge in [0, 0.05) is 17.8 Å². The van der Waals surface area contributed by atoms with E-state index in [0.29, 0.717) is 15.8 Å². The summed E-state index contributed by atoms with van der Waals surface area (Å²) in [6.07, 6.45) is 3.38. The number of nitrogens with one attached hydrogen (secondary N) is 1. The molecule has 1 aromatic carbocycles. The van der Waals surface area contributed by atoms with Crippen LogP contribution in [0.4, 0.5) is 0 Å². The van der Waals surface area contributed by atoms with Crippen molar-refractivity contribution in [2.24, 2.45) is 0 Å². The zero-order valence-corrected chi connectivity index (χ0v) is 11.3. The quantitative estimate of drug-likeness (QED) is 0.899. The fraction of sp³-hybridized carbons (Fsp3) is 0.500. The summed E-state index contributed by atoms with van der Waals surface area (Å²) in [5.74, 6) is 0.318. The van der Waals surface area contributed by atoms with Crippen LogP contribution >= 0.6 is 11.6 Å². The molecule has 3 nitrogen and oxygen atoms in total. The van der Waals surface area contributed by atoms with Crippen molar-refractivity contribution in [2.75, 3.05) is 19.3 Å². The van der Waals surface area contributed by atoms with Crippen LogP contribution in [0.1, 0.15) is 24.3 Å². The lowest BCUT2D eigenvalue weighted by Gasteiger charge is -2.24. The molecule has 0 amide bonds. The Morgan fingerprint density at radius 2 is 2.18 bits per heavy atom. The standard InChI is InChI=1S/C12H16ClNO2S/c1-17(15,16)10-4-5-12(13)11(7-10)9-3-2-6-14-8-9/h4-5,7,9,14H,2-3,6,8H2,1H3. The van der Waals surface area contributed by atoms with Crippen molar-refractivity contribution in [3.63, 3.8) is 0 Å². The third-order valence-corrected chi connectivity index (χ3v) is 4.59. The van der Waals surface area contributed by atoms with E-state index in [0.717, 1.165) is 31.5 Å². The monoisotopic (exact) mass is 273 g/mol. The molecule has 1 aliphatic heterocycles. The molecule has 1 N–H and O–H groups in total. The van der Waals surface area contributed by atoms with E-state index < -0.39 is 9.84 Å². The van der Waals surface area contributed by atoms with E-state index in [1.807, 2.05) is 0 Å². The van der Waals surface area contributed by atoms with Crippen molar-refractivity contribution in [3.8, 4) is 0 Å².